The van der Waals surface area contributed by atoms with Crippen molar-refractivity contribution in [3.63, 3.8) is 0 Å². The van der Waals surface area contributed by atoms with E-state index >= 15 is 0 Å². The molecule has 0 saturated carbocycles. The van der Waals surface area contributed by atoms with Crippen molar-refractivity contribution < 1.29 is 9.90 Å². The molecule has 0 spiro atoms. The second kappa shape index (κ2) is 3.87. The Kier molecular flexibility index (Phi) is 2.82. The van der Waals surface area contributed by atoms with Crippen LogP contribution in [0.4, 0.5) is 5.95 Å². The van der Waals surface area contributed by atoms with E-state index in [0.29, 0.717) is 12.5 Å². The van der Waals surface area contributed by atoms with Crippen LogP contribution in [0.5, 0.6) is 0 Å². The average molecular weight is 169 g/mol. The Morgan fingerprint density at radius 2 is 2.58 bits per heavy atom. The first-order chi connectivity index (χ1) is 5.75. The number of nitrogens with one attached hydrogen (secondary N) is 1. The highest BCUT2D eigenvalue weighted by Crippen LogP contribution is 2.02. The number of nitrogens with zero attached hydrogens (tertiary/aromatic N) is 2. The number of hydrogen-bond acceptors (Lipinski definition) is 4. The summed E-state index contributed by atoms with van der Waals surface area (Å²) in [7, 11) is 0. The molecule has 5 nitrogen and oxygen atoms in total. The molecule has 0 saturated heterocycles. The van der Waals surface area contributed by atoms with E-state index in [4.69, 9.17) is 5.11 Å². The lowest BCUT2D eigenvalue weighted by Crippen LogP contribution is -2.14. The number of aliphatic hydroxyl groups is 1. The molecule has 0 aliphatic carbocycles. The van der Waals surface area contributed by atoms with Crippen LogP contribution in [-0.4, -0.2) is 33.7 Å². The van der Waals surface area contributed by atoms with Gasteiger partial charge in [-0.05, 0) is 0 Å². The Labute approximate surface area is 70.0 Å². The molecule has 12 heavy (non-hydrogen) atoms. The first-order valence-electron chi connectivity index (χ1n) is 3.64. The highest BCUT2D eigenvalue weighted by Gasteiger charge is 2.03. The monoisotopic (exact) mass is 169 g/mol. The van der Waals surface area contributed by atoms with Crippen LogP contribution in [0.1, 0.15) is 11.7 Å². The fourth-order valence-corrected chi connectivity index (χ4v) is 0.856. The second-order valence-electron chi connectivity index (χ2n) is 2.29. The molecule has 0 aromatic carbocycles. The summed E-state index contributed by atoms with van der Waals surface area (Å²) in [6, 6.07) is 0. The summed E-state index contributed by atoms with van der Waals surface area (Å²) in [5.41, 5.74) is 0. The van der Waals surface area contributed by atoms with Gasteiger partial charge in [0.05, 0.1) is 6.61 Å². The van der Waals surface area contributed by atoms with Crippen molar-refractivity contribution >= 4 is 11.9 Å². The summed E-state index contributed by atoms with van der Waals surface area (Å²) in [5, 5.41) is 11.3. The van der Waals surface area contributed by atoms with Gasteiger partial charge in [-0.15, -0.1) is 0 Å². The number of aliphatic hydroxyl groups excluding tert-OH is 1. The molecule has 0 amide bonds. The van der Waals surface area contributed by atoms with E-state index in [1.165, 1.54) is 17.7 Å². The third-order valence-corrected chi connectivity index (χ3v) is 1.37. The predicted octanol–water partition coefficient (Wildman–Crippen LogP) is -0.0526. The van der Waals surface area contributed by atoms with Crippen molar-refractivity contribution in [2.45, 2.75) is 6.92 Å². The van der Waals surface area contributed by atoms with Crippen LogP contribution in [0.3, 0.4) is 0 Å². The fourth-order valence-electron chi connectivity index (χ4n) is 0.856. The second-order valence-corrected chi connectivity index (χ2v) is 2.29. The van der Waals surface area contributed by atoms with Crippen molar-refractivity contribution in [2.75, 3.05) is 18.5 Å². The molecule has 1 rings (SSSR count). The summed E-state index contributed by atoms with van der Waals surface area (Å²) in [6.07, 6.45) is 3.10. The van der Waals surface area contributed by atoms with E-state index in [0.717, 1.165) is 0 Å². The summed E-state index contributed by atoms with van der Waals surface area (Å²) in [6.45, 7) is 1.86. The molecule has 0 unspecified atom stereocenters. The zero-order chi connectivity index (χ0) is 8.97. The Hall–Kier alpha value is -1.36. The minimum atomic E-state index is -0.104. The van der Waals surface area contributed by atoms with Gasteiger partial charge in [-0.25, -0.2) is 4.98 Å². The molecule has 66 valence electrons. The minimum Gasteiger partial charge on any atom is -0.395 e. The van der Waals surface area contributed by atoms with Crippen LogP contribution in [0.15, 0.2) is 12.4 Å². The van der Waals surface area contributed by atoms with E-state index in [2.05, 4.69) is 10.3 Å². The third-order valence-electron chi connectivity index (χ3n) is 1.37. The van der Waals surface area contributed by atoms with E-state index in [-0.39, 0.29) is 12.5 Å². The Balaban J connectivity index is 2.70. The molecular weight excluding hydrogens is 158 g/mol. The lowest BCUT2D eigenvalue weighted by molar-refractivity contribution is 0.0938. The van der Waals surface area contributed by atoms with Gasteiger partial charge in [0.15, 0.2) is 0 Å². The molecule has 0 atom stereocenters. The average Bonchev–Trinajstić information content (AvgIpc) is 2.48. The number of anilines is 1. The number of carbonyl (C=O) groups excluding carboxylic acids is 1. The molecule has 1 aromatic heterocycles. The third kappa shape index (κ3) is 1.82. The lowest BCUT2D eigenvalue weighted by atomic mass is 10.6. The van der Waals surface area contributed by atoms with Crippen LogP contribution in [-0.2, 0) is 0 Å². The summed E-state index contributed by atoms with van der Waals surface area (Å²) >= 11 is 0. The van der Waals surface area contributed by atoms with Crippen LogP contribution >= 0.6 is 0 Å². The SMILES string of the molecule is CC(=O)n1ccnc1NCCO. The van der Waals surface area contributed by atoms with E-state index < -0.39 is 0 Å². The molecule has 0 fully saturated rings. The number of hydrogen-bond donors (Lipinski definition) is 2. The number of carbonyl (C=O) groups is 1. The van der Waals surface area contributed by atoms with Crippen LogP contribution < -0.4 is 5.32 Å². The summed E-state index contributed by atoms with van der Waals surface area (Å²) < 4.78 is 1.38. The molecule has 0 radical (unpaired) electrons. The van der Waals surface area contributed by atoms with Crippen molar-refractivity contribution in [3.05, 3.63) is 12.4 Å². The number of imidazole rings is 1. The zero-order valence-electron chi connectivity index (χ0n) is 6.82. The number of rotatable bonds is 3. The first-order valence-corrected chi connectivity index (χ1v) is 3.64. The fraction of sp³-hybridized carbons (Fsp3) is 0.429. The quantitative estimate of drug-likeness (QED) is 0.665. The summed E-state index contributed by atoms with van der Waals surface area (Å²) in [4.78, 5) is 14.8. The van der Waals surface area contributed by atoms with E-state index in [1.807, 2.05) is 0 Å². The predicted molar refractivity (Wildman–Crippen MR) is 44.1 cm³/mol. The van der Waals surface area contributed by atoms with Crippen LogP contribution in [0.25, 0.3) is 0 Å². The molecule has 5 heteroatoms. The zero-order valence-corrected chi connectivity index (χ0v) is 6.82. The molecule has 0 bridgehead atoms. The molecule has 1 heterocycles. The van der Waals surface area contributed by atoms with Gasteiger partial charge in [0.1, 0.15) is 0 Å². The smallest absolute Gasteiger partial charge is 0.230 e. The van der Waals surface area contributed by atoms with Crippen molar-refractivity contribution in [1.82, 2.24) is 9.55 Å². The van der Waals surface area contributed by atoms with Crippen molar-refractivity contribution in [3.8, 4) is 0 Å². The van der Waals surface area contributed by atoms with E-state index in [1.54, 1.807) is 6.20 Å². The minimum absolute atomic E-state index is 0.0186. The lowest BCUT2D eigenvalue weighted by Gasteiger charge is -2.03. The Morgan fingerprint density at radius 1 is 1.83 bits per heavy atom. The molecule has 0 aliphatic rings. The highest BCUT2D eigenvalue weighted by atomic mass is 16.3. The first kappa shape index (κ1) is 8.73. The van der Waals surface area contributed by atoms with E-state index in [9.17, 15) is 4.79 Å². The van der Waals surface area contributed by atoms with Gasteiger partial charge >= 0.3 is 0 Å². The van der Waals surface area contributed by atoms with Gasteiger partial charge in [-0.1, -0.05) is 0 Å². The standard InChI is InChI=1S/C7H11N3O2/c1-6(12)10-4-2-8-7(10)9-3-5-11/h2,4,11H,3,5H2,1H3,(H,8,9). The van der Waals surface area contributed by atoms with Crippen LogP contribution in [0, 0.1) is 0 Å². The van der Waals surface area contributed by atoms with Gasteiger partial charge in [0, 0.05) is 25.9 Å². The van der Waals surface area contributed by atoms with Gasteiger partial charge in [0.25, 0.3) is 0 Å². The van der Waals surface area contributed by atoms with Gasteiger partial charge in [0.2, 0.25) is 11.9 Å². The normalized spacial score (nSPS) is 9.83. The maximum Gasteiger partial charge on any atom is 0.230 e. The molecule has 0 aliphatic heterocycles. The van der Waals surface area contributed by atoms with Gasteiger partial charge in [-0.2, -0.15) is 0 Å². The van der Waals surface area contributed by atoms with Gasteiger partial charge < -0.3 is 10.4 Å². The Morgan fingerprint density at radius 3 is 3.17 bits per heavy atom. The summed E-state index contributed by atoms with van der Waals surface area (Å²) in [5.74, 6) is 0.365. The topological polar surface area (TPSA) is 67.2 Å². The Bertz CT molecular complexity index is 269. The van der Waals surface area contributed by atoms with Crippen molar-refractivity contribution in [2.24, 2.45) is 0 Å². The largest absolute Gasteiger partial charge is 0.395 e. The van der Waals surface area contributed by atoms with Crippen LogP contribution in [0.2, 0.25) is 0 Å². The van der Waals surface area contributed by atoms with Gasteiger partial charge in [-0.3, -0.25) is 9.36 Å². The number of aromatic nitrogens is 2. The molecule has 1 aromatic rings. The molecule has 2 N–H and O–H groups in total. The van der Waals surface area contributed by atoms with Crippen molar-refractivity contribution in [1.29, 1.82) is 0 Å². The maximum atomic E-state index is 10.9. The maximum absolute atomic E-state index is 10.9. The molecular formula is C7H11N3O2. The highest BCUT2D eigenvalue weighted by molar-refractivity contribution is 5.79.